The Morgan fingerprint density at radius 1 is 0.926 bits per heavy atom. The maximum Gasteiger partial charge on any atom is 0.284 e. The van der Waals surface area contributed by atoms with Crippen LogP contribution in [0.1, 0.15) is 107 Å². The van der Waals surface area contributed by atoms with Crippen molar-refractivity contribution in [3.8, 4) is 0 Å². The summed E-state index contributed by atoms with van der Waals surface area (Å²) in [5, 5.41) is 2.72. The van der Waals surface area contributed by atoms with E-state index in [2.05, 4.69) is 17.2 Å². The van der Waals surface area contributed by atoms with E-state index in [4.69, 9.17) is 5.73 Å². The van der Waals surface area contributed by atoms with Crippen LogP contribution in [0.5, 0.6) is 0 Å². The standard InChI is InChI=1S/C21H38N4O2/c1-3-4-5-6-7-8-9-10-11-12-13-14-15-16-19(26)23-18-17-25(2)21(24-18)20(22)27/h17H,3-16H2,1-2H3,(H2,22,27)(H,23,26). The fourth-order valence-electron chi connectivity index (χ4n) is 3.26. The molecule has 0 radical (unpaired) electrons. The van der Waals surface area contributed by atoms with Gasteiger partial charge >= 0.3 is 0 Å². The molecule has 0 saturated carbocycles. The molecule has 0 atom stereocenters. The van der Waals surface area contributed by atoms with E-state index in [1.807, 2.05) is 0 Å². The summed E-state index contributed by atoms with van der Waals surface area (Å²) in [4.78, 5) is 27.1. The first-order valence-corrected chi connectivity index (χ1v) is 10.7. The molecule has 0 unspecified atom stereocenters. The highest BCUT2D eigenvalue weighted by atomic mass is 16.2. The first-order chi connectivity index (χ1) is 13.0. The van der Waals surface area contributed by atoms with Crippen molar-refractivity contribution in [2.75, 3.05) is 5.32 Å². The number of unbranched alkanes of at least 4 members (excludes halogenated alkanes) is 12. The summed E-state index contributed by atoms with van der Waals surface area (Å²) in [5.74, 6) is -0.140. The predicted molar refractivity (Wildman–Crippen MR) is 111 cm³/mol. The number of carbonyl (C=O) groups excluding carboxylic acids is 2. The van der Waals surface area contributed by atoms with E-state index in [0.717, 1.165) is 12.8 Å². The summed E-state index contributed by atoms with van der Waals surface area (Å²) in [5.41, 5.74) is 5.21. The number of imidazole rings is 1. The van der Waals surface area contributed by atoms with Gasteiger partial charge in [0, 0.05) is 19.7 Å². The number of nitrogens with zero attached hydrogens (tertiary/aromatic N) is 2. The number of anilines is 1. The minimum Gasteiger partial charge on any atom is -0.363 e. The molecule has 6 nitrogen and oxygen atoms in total. The molecule has 0 aromatic carbocycles. The molecule has 1 aromatic rings. The monoisotopic (exact) mass is 378 g/mol. The highest BCUT2D eigenvalue weighted by Gasteiger charge is 2.12. The summed E-state index contributed by atoms with van der Waals surface area (Å²) in [6.07, 6.45) is 18.8. The predicted octanol–water partition coefficient (Wildman–Crippen LogP) is 4.94. The molecule has 0 saturated heterocycles. The minimum absolute atomic E-state index is 0.0628. The number of hydrogen-bond donors (Lipinski definition) is 2. The molecule has 0 fully saturated rings. The first-order valence-electron chi connectivity index (χ1n) is 10.7. The second-order valence-electron chi connectivity index (χ2n) is 7.47. The number of hydrogen-bond acceptors (Lipinski definition) is 3. The molecule has 2 amide bonds. The molecule has 0 aliphatic carbocycles. The smallest absolute Gasteiger partial charge is 0.284 e. The van der Waals surface area contributed by atoms with Gasteiger partial charge in [-0.1, -0.05) is 84.0 Å². The molecule has 3 N–H and O–H groups in total. The molecule has 27 heavy (non-hydrogen) atoms. The summed E-state index contributed by atoms with van der Waals surface area (Å²) in [6, 6.07) is 0. The quantitative estimate of drug-likeness (QED) is 0.399. The Morgan fingerprint density at radius 2 is 1.41 bits per heavy atom. The fourth-order valence-corrected chi connectivity index (χ4v) is 3.26. The van der Waals surface area contributed by atoms with E-state index in [-0.39, 0.29) is 11.7 Å². The lowest BCUT2D eigenvalue weighted by Gasteiger charge is -2.03. The highest BCUT2D eigenvalue weighted by molar-refractivity contribution is 5.92. The molecule has 0 spiro atoms. The Hall–Kier alpha value is -1.85. The van der Waals surface area contributed by atoms with Gasteiger partial charge in [0.25, 0.3) is 5.91 Å². The SMILES string of the molecule is CCCCCCCCCCCCCCCC(=O)Nc1cn(C)c(C(N)=O)n1. The molecule has 1 rings (SSSR count). The Labute approximate surface area is 164 Å². The number of rotatable bonds is 16. The zero-order valence-electron chi connectivity index (χ0n) is 17.3. The van der Waals surface area contributed by atoms with Gasteiger partial charge in [0.2, 0.25) is 11.7 Å². The van der Waals surface area contributed by atoms with E-state index in [1.54, 1.807) is 13.2 Å². The lowest BCUT2D eigenvalue weighted by molar-refractivity contribution is -0.116. The van der Waals surface area contributed by atoms with Crippen LogP contribution in [0.2, 0.25) is 0 Å². The van der Waals surface area contributed by atoms with Gasteiger partial charge in [-0.05, 0) is 6.42 Å². The van der Waals surface area contributed by atoms with E-state index in [9.17, 15) is 9.59 Å². The summed E-state index contributed by atoms with van der Waals surface area (Å²) >= 11 is 0. The second-order valence-corrected chi connectivity index (χ2v) is 7.47. The van der Waals surface area contributed by atoms with Crippen molar-refractivity contribution in [2.45, 2.75) is 96.8 Å². The van der Waals surface area contributed by atoms with Crippen LogP contribution < -0.4 is 11.1 Å². The van der Waals surface area contributed by atoms with Crippen LogP contribution in [0, 0.1) is 0 Å². The van der Waals surface area contributed by atoms with Crippen LogP contribution in [0.3, 0.4) is 0 Å². The number of aromatic nitrogens is 2. The van der Waals surface area contributed by atoms with Crippen LogP contribution in [0.15, 0.2) is 6.20 Å². The molecule has 0 aliphatic heterocycles. The fraction of sp³-hybridized carbons (Fsp3) is 0.762. The van der Waals surface area contributed by atoms with Crippen LogP contribution in [0.4, 0.5) is 5.82 Å². The maximum atomic E-state index is 11.9. The Balaban J connectivity index is 1.95. The van der Waals surface area contributed by atoms with Gasteiger partial charge in [0.15, 0.2) is 5.82 Å². The average molecular weight is 379 g/mol. The third-order valence-electron chi connectivity index (χ3n) is 4.87. The van der Waals surface area contributed by atoms with E-state index in [0.29, 0.717) is 12.2 Å². The number of primary amides is 1. The van der Waals surface area contributed by atoms with E-state index < -0.39 is 5.91 Å². The third-order valence-corrected chi connectivity index (χ3v) is 4.87. The van der Waals surface area contributed by atoms with Gasteiger partial charge < -0.3 is 15.6 Å². The van der Waals surface area contributed by atoms with Gasteiger partial charge in [-0.25, -0.2) is 4.98 Å². The van der Waals surface area contributed by atoms with Crippen molar-refractivity contribution in [1.29, 1.82) is 0 Å². The van der Waals surface area contributed by atoms with Crippen molar-refractivity contribution in [1.82, 2.24) is 9.55 Å². The third kappa shape index (κ3) is 10.8. The normalized spacial score (nSPS) is 10.9. The van der Waals surface area contributed by atoms with Gasteiger partial charge in [-0.2, -0.15) is 0 Å². The van der Waals surface area contributed by atoms with Crippen molar-refractivity contribution in [3.05, 3.63) is 12.0 Å². The van der Waals surface area contributed by atoms with Crippen molar-refractivity contribution in [3.63, 3.8) is 0 Å². The first kappa shape index (κ1) is 23.2. The number of aryl methyl sites for hydroxylation is 1. The summed E-state index contributed by atoms with van der Waals surface area (Å²) < 4.78 is 1.52. The number of nitrogens with two attached hydrogens (primary N) is 1. The van der Waals surface area contributed by atoms with Crippen molar-refractivity contribution in [2.24, 2.45) is 12.8 Å². The van der Waals surface area contributed by atoms with Crippen molar-refractivity contribution < 1.29 is 9.59 Å². The lowest BCUT2D eigenvalue weighted by atomic mass is 10.0. The highest BCUT2D eigenvalue weighted by Crippen LogP contribution is 2.13. The Kier molecular flexibility index (Phi) is 12.2. The zero-order valence-corrected chi connectivity index (χ0v) is 17.3. The van der Waals surface area contributed by atoms with Crippen LogP contribution in [-0.2, 0) is 11.8 Å². The summed E-state index contributed by atoms with van der Waals surface area (Å²) in [6.45, 7) is 2.26. The molecule has 0 aliphatic rings. The molecule has 1 heterocycles. The molecular formula is C21H38N4O2. The number of nitrogens with one attached hydrogen (secondary N) is 1. The molecule has 6 heteroatoms. The summed E-state index contributed by atoms with van der Waals surface area (Å²) in [7, 11) is 1.68. The minimum atomic E-state index is -0.602. The topological polar surface area (TPSA) is 90.0 Å². The zero-order chi connectivity index (χ0) is 19.9. The second kappa shape index (κ2) is 14.2. The van der Waals surface area contributed by atoms with Crippen LogP contribution in [0.25, 0.3) is 0 Å². The average Bonchev–Trinajstić information content (AvgIpc) is 2.99. The van der Waals surface area contributed by atoms with Crippen molar-refractivity contribution >= 4 is 17.6 Å². The Bertz CT molecular complexity index is 554. The van der Waals surface area contributed by atoms with Crippen LogP contribution >= 0.6 is 0 Å². The molecule has 1 aromatic heterocycles. The molecular weight excluding hydrogens is 340 g/mol. The van der Waals surface area contributed by atoms with Crippen LogP contribution in [-0.4, -0.2) is 21.4 Å². The molecule has 154 valence electrons. The molecule has 0 bridgehead atoms. The number of carbonyl (C=O) groups is 2. The number of amides is 2. The van der Waals surface area contributed by atoms with Gasteiger partial charge in [0.1, 0.15) is 0 Å². The van der Waals surface area contributed by atoms with E-state index >= 15 is 0 Å². The Morgan fingerprint density at radius 3 is 1.85 bits per heavy atom. The van der Waals surface area contributed by atoms with Gasteiger partial charge in [0.05, 0.1) is 0 Å². The maximum absolute atomic E-state index is 11.9. The van der Waals surface area contributed by atoms with Gasteiger partial charge in [-0.15, -0.1) is 0 Å². The van der Waals surface area contributed by atoms with E-state index in [1.165, 1.54) is 75.2 Å². The largest absolute Gasteiger partial charge is 0.363 e. The lowest BCUT2D eigenvalue weighted by Crippen LogP contribution is -2.16. The van der Waals surface area contributed by atoms with Gasteiger partial charge in [-0.3, -0.25) is 9.59 Å².